The van der Waals surface area contributed by atoms with Gasteiger partial charge in [-0.2, -0.15) is 0 Å². The lowest BCUT2D eigenvalue weighted by atomic mass is 10.1. The maximum absolute atomic E-state index is 13.7. The molecular weight excluding hydrogens is 480 g/mol. The molecule has 0 aromatic heterocycles. The Hall–Kier alpha value is -3.11. The molecule has 39 heavy (non-hydrogen) atoms. The predicted octanol–water partition coefficient (Wildman–Crippen LogP) is 8.15. The molecule has 0 fully saturated rings. The van der Waals surface area contributed by atoms with Crippen LogP contribution >= 0.6 is 0 Å². The molecule has 1 amide bonds. The van der Waals surface area contributed by atoms with E-state index in [1.807, 2.05) is 47.4 Å². The van der Waals surface area contributed by atoms with Gasteiger partial charge in [-0.1, -0.05) is 94.6 Å². The first-order valence-electron chi connectivity index (χ1n) is 15.0. The van der Waals surface area contributed by atoms with Gasteiger partial charge in [0.05, 0.1) is 0 Å². The molecule has 0 heterocycles. The normalized spacial score (nSPS) is 11.1. The van der Waals surface area contributed by atoms with Crippen LogP contribution < -0.4 is 4.74 Å². The Labute approximate surface area is 237 Å². The van der Waals surface area contributed by atoms with Crippen LogP contribution in [0.3, 0.4) is 0 Å². The second-order valence-electron chi connectivity index (χ2n) is 10.5. The second kappa shape index (κ2) is 17.5. The second-order valence-corrected chi connectivity index (χ2v) is 10.5. The first kappa shape index (κ1) is 30.4. The third kappa shape index (κ3) is 10.9. The molecule has 4 nitrogen and oxygen atoms in total. The predicted molar refractivity (Wildman–Crippen MR) is 163 cm³/mol. The number of unbranched alkanes of at least 4 members (excludes halogenated alkanes) is 3. The third-order valence-electron chi connectivity index (χ3n) is 7.19. The summed E-state index contributed by atoms with van der Waals surface area (Å²) in [6, 6.07) is 26.6. The number of benzene rings is 3. The van der Waals surface area contributed by atoms with Gasteiger partial charge >= 0.3 is 0 Å². The number of nitrogens with zero attached hydrogens (tertiary/aromatic N) is 2. The maximum Gasteiger partial charge on any atom is 0.254 e. The van der Waals surface area contributed by atoms with Crippen LogP contribution in [0, 0.1) is 0 Å². The van der Waals surface area contributed by atoms with Gasteiger partial charge in [0.1, 0.15) is 12.4 Å². The van der Waals surface area contributed by atoms with E-state index < -0.39 is 0 Å². The average molecular weight is 529 g/mol. The third-order valence-corrected chi connectivity index (χ3v) is 7.19. The van der Waals surface area contributed by atoms with Crippen LogP contribution in [-0.2, 0) is 19.6 Å². The fourth-order valence-electron chi connectivity index (χ4n) is 4.64. The number of rotatable bonds is 18. The monoisotopic (exact) mass is 528 g/mol. The molecule has 3 aromatic rings. The van der Waals surface area contributed by atoms with Crippen LogP contribution in [0.4, 0.5) is 0 Å². The molecule has 0 saturated carbocycles. The summed E-state index contributed by atoms with van der Waals surface area (Å²) in [6.45, 7) is 11.6. The van der Waals surface area contributed by atoms with Gasteiger partial charge in [0.15, 0.2) is 0 Å². The van der Waals surface area contributed by atoms with E-state index in [-0.39, 0.29) is 5.91 Å². The number of hydrogen-bond donors (Lipinski definition) is 0. The minimum atomic E-state index is 0.104. The van der Waals surface area contributed by atoms with Gasteiger partial charge in [-0.3, -0.25) is 4.79 Å². The van der Waals surface area contributed by atoms with Gasteiger partial charge in [-0.15, -0.1) is 0 Å². The highest BCUT2D eigenvalue weighted by Crippen LogP contribution is 2.18. The standard InChI is InChI=1S/C35H48N2O2/c1-4-7-13-30-16-20-33(21-17-30)35(38)37(27-26-36(24-8-5-2)25-9-6-3)28-31-18-22-34(23-19-31)39-29-32-14-11-10-12-15-32/h10-12,14-23H,4-9,13,24-29H2,1-3H3. The van der Waals surface area contributed by atoms with E-state index in [2.05, 4.69) is 62.1 Å². The molecule has 0 unspecified atom stereocenters. The average Bonchev–Trinajstić information content (AvgIpc) is 2.99. The molecule has 0 bridgehead atoms. The van der Waals surface area contributed by atoms with Gasteiger partial charge in [-0.25, -0.2) is 0 Å². The Kier molecular flexibility index (Phi) is 13.6. The number of ether oxygens (including phenoxy) is 1. The molecule has 210 valence electrons. The molecule has 0 aliphatic carbocycles. The van der Waals surface area contributed by atoms with Crippen LogP contribution in [-0.4, -0.2) is 41.9 Å². The quantitative estimate of drug-likeness (QED) is 0.167. The molecule has 0 aliphatic rings. The Morgan fingerprint density at radius 2 is 1.26 bits per heavy atom. The largest absolute Gasteiger partial charge is 0.489 e. The highest BCUT2D eigenvalue weighted by molar-refractivity contribution is 5.94. The van der Waals surface area contributed by atoms with Crippen molar-refractivity contribution >= 4 is 5.91 Å². The minimum absolute atomic E-state index is 0.104. The topological polar surface area (TPSA) is 32.8 Å². The molecule has 4 heteroatoms. The number of aryl methyl sites for hydroxylation is 1. The van der Waals surface area contributed by atoms with Crippen LogP contribution in [0.1, 0.15) is 86.3 Å². The Morgan fingerprint density at radius 3 is 1.87 bits per heavy atom. The van der Waals surface area contributed by atoms with Gasteiger partial charge < -0.3 is 14.5 Å². The minimum Gasteiger partial charge on any atom is -0.489 e. The molecule has 3 aromatic carbocycles. The first-order valence-corrected chi connectivity index (χ1v) is 15.0. The number of amides is 1. The van der Waals surface area contributed by atoms with Gasteiger partial charge in [-0.05, 0) is 79.7 Å². The fourth-order valence-corrected chi connectivity index (χ4v) is 4.64. The SMILES string of the molecule is CCCCc1ccc(C(=O)N(CCN(CCCC)CCCC)Cc2ccc(OCc3ccccc3)cc2)cc1. The van der Waals surface area contributed by atoms with Crippen LogP contribution in [0.25, 0.3) is 0 Å². The summed E-state index contributed by atoms with van der Waals surface area (Å²) in [5, 5.41) is 0. The smallest absolute Gasteiger partial charge is 0.254 e. The molecule has 0 N–H and O–H groups in total. The van der Waals surface area contributed by atoms with Gasteiger partial charge in [0, 0.05) is 25.2 Å². The molecule has 0 aliphatic heterocycles. The Morgan fingerprint density at radius 1 is 0.641 bits per heavy atom. The zero-order chi connectivity index (χ0) is 27.7. The molecule has 0 saturated heterocycles. The number of hydrogen-bond acceptors (Lipinski definition) is 3. The Bertz CT molecular complexity index is 1060. The number of carbonyl (C=O) groups is 1. The van der Waals surface area contributed by atoms with Crippen molar-refractivity contribution in [2.45, 2.75) is 78.9 Å². The molecule has 0 atom stereocenters. The molecule has 3 rings (SSSR count). The van der Waals surface area contributed by atoms with Gasteiger partial charge in [0.2, 0.25) is 0 Å². The molecule has 0 spiro atoms. The van der Waals surface area contributed by atoms with Crippen LogP contribution in [0.2, 0.25) is 0 Å². The zero-order valence-electron chi connectivity index (χ0n) is 24.4. The van der Waals surface area contributed by atoms with Crippen LogP contribution in [0.15, 0.2) is 78.9 Å². The van der Waals surface area contributed by atoms with Crippen molar-refractivity contribution in [2.24, 2.45) is 0 Å². The highest BCUT2D eigenvalue weighted by Gasteiger charge is 2.18. The molecular formula is C35H48N2O2. The van der Waals surface area contributed by atoms with E-state index in [0.29, 0.717) is 13.2 Å². The lowest BCUT2D eigenvalue weighted by molar-refractivity contribution is 0.0720. The molecule has 0 radical (unpaired) electrons. The van der Waals surface area contributed by atoms with E-state index >= 15 is 0 Å². The van der Waals surface area contributed by atoms with Crippen LogP contribution in [0.5, 0.6) is 5.75 Å². The van der Waals surface area contributed by atoms with Crippen molar-refractivity contribution in [1.82, 2.24) is 9.80 Å². The summed E-state index contributed by atoms with van der Waals surface area (Å²) < 4.78 is 5.97. The zero-order valence-corrected chi connectivity index (χ0v) is 24.4. The van der Waals surface area contributed by atoms with Crippen molar-refractivity contribution in [3.8, 4) is 5.75 Å². The maximum atomic E-state index is 13.7. The van der Waals surface area contributed by atoms with Crippen molar-refractivity contribution in [3.05, 3.63) is 101 Å². The lowest BCUT2D eigenvalue weighted by Gasteiger charge is -2.28. The van der Waals surface area contributed by atoms with Crippen molar-refractivity contribution in [3.63, 3.8) is 0 Å². The summed E-state index contributed by atoms with van der Waals surface area (Å²) in [6.07, 6.45) is 8.19. The van der Waals surface area contributed by atoms with E-state index in [0.717, 1.165) is 55.0 Å². The number of carbonyl (C=O) groups excluding carboxylic acids is 1. The highest BCUT2D eigenvalue weighted by atomic mass is 16.5. The van der Waals surface area contributed by atoms with E-state index in [4.69, 9.17) is 4.74 Å². The van der Waals surface area contributed by atoms with E-state index in [1.165, 1.54) is 44.1 Å². The summed E-state index contributed by atoms with van der Waals surface area (Å²) in [7, 11) is 0. The van der Waals surface area contributed by atoms with Gasteiger partial charge in [0.25, 0.3) is 5.91 Å². The van der Waals surface area contributed by atoms with Crippen molar-refractivity contribution in [2.75, 3.05) is 26.2 Å². The summed E-state index contributed by atoms with van der Waals surface area (Å²) in [4.78, 5) is 18.3. The summed E-state index contributed by atoms with van der Waals surface area (Å²) in [5.74, 6) is 0.945. The summed E-state index contributed by atoms with van der Waals surface area (Å²) >= 11 is 0. The summed E-state index contributed by atoms with van der Waals surface area (Å²) in [5.41, 5.74) is 4.33. The van der Waals surface area contributed by atoms with Crippen molar-refractivity contribution in [1.29, 1.82) is 0 Å². The van der Waals surface area contributed by atoms with E-state index in [9.17, 15) is 4.79 Å². The Balaban J connectivity index is 1.69. The first-order chi connectivity index (χ1) is 19.1. The van der Waals surface area contributed by atoms with E-state index in [1.54, 1.807) is 0 Å². The van der Waals surface area contributed by atoms with Crippen molar-refractivity contribution < 1.29 is 9.53 Å². The fraction of sp³-hybridized carbons (Fsp3) is 0.457. The lowest BCUT2D eigenvalue weighted by Crippen LogP contribution is -2.39.